The smallest absolute Gasteiger partial charge is 0.408 e. The minimum atomic E-state index is -1.39. The fraction of sp³-hybridized carbons (Fsp3) is 0.600. The Kier molecular flexibility index (Phi) is 11.0. The van der Waals surface area contributed by atoms with Gasteiger partial charge in [-0.15, -0.1) is 0 Å². The van der Waals surface area contributed by atoms with Gasteiger partial charge in [0, 0.05) is 6.04 Å². The van der Waals surface area contributed by atoms with E-state index in [0.29, 0.717) is 5.56 Å². The highest BCUT2D eigenvalue weighted by atomic mass is 16.6. The number of ether oxygens (including phenoxy) is 1. The quantitative estimate of drug-likeness (QED) is 0.447. The van der Waals surface area contributed by atoms with Crippen LogP contribution in [0.15, 0.2) is 18.2 Å². The van der Waals surface area contributed by atoms with Crippen molar-refractivity contribution < 1.29 is 24.2 Å². The third-order valence-corrected chi connectivity index (χ3v) is 5.10. The van der Waals surface area contributed by atoms with Crippen molar-refractivity contribution in [3.63, 3.8) is 0 Å². The molecule has 0 fully saturated rings. The number of aliphatic hydroxyl groups excluding tert-OH is 1. The van der Waals surface area contributed by atoms with Crippen molar-refractivity contribution in [1.29, 1.82) is 5.26 Å². The van der Waals surface area contributed by atoms with Gasteiger partial charge in [-0.25, -0.2) is 4.79 Å². The SMILES string of the molecule is CCCC(C)NC(=O)C(c1cc(C)ccc1C)N(CC#N)C(=O)C(CO)NC(=O)OC(C)(C)C. The molecule has 0 heterocycles. The third-order valence-electron chi connectivity index (χ3n) is 5.10. The zero-order valence-electron chi connectivity index (χ0n) is 21.3. The number of aryl methyl sites for hydroxylation is 2. The largest absolute Gasteiger partial charge is 0.444 e. The van der Waals surface area contributed by atoms with Crippen LogP contribution in [0.5, 0.6) is 0 Å². The van der Waals surface area contributed by atoms with E-state index < -0.39 is 48.7 Å². The van der Waals surface area contributed by atoms with E-state index in [4.69, 9.17) is 4.74 Å². The van der Waals surface area contributed by atoms with E-state index in [1.54, 1.807) is 26.8 Å². The van der Waals surface area contributed by atoms with Crippen LogP contribution in [-0.4, -0.2) is 58.8 Å². The van der Waals surface area contributed by atoms with Crippen LogP contribution in [-0.2, 0) is 14.3 Å². The Bertz CT molecular complexity index is 904. The van der Waals surface area contributed by atoms with Crippen molar-refractivity contribution in [3.05, 3.63) is 34.9 Å². The highest BCUT2D eigenvalue weighted by Crippen LogP contribution is 2.27. The maximum absolute atomic E-state index is 13.5. The Balaban J connectivity index is 3.43. The molecular formula is C25H38N4O5. The van der Waals surface area contributed by atoms with E-state index in [1.807, 2.05) is 45.9 Å². The second kappa shape index (κ2) is 12.9. The van der Waals surface area contributed by atoms with Crippen molar-refractivity contribution >= 4 is 17.9 Å². The number of hydrogen-bond acceptors (Lipinski definition) is 6. The number of nitrogens with zero attached hydrogens (tertiary/aromatic N) is 2. The lowest BCUT2D eigenvalue weighted by Gasteiger charge is -2.33. The second-order valence-electron chi connectivity index (χ2n) is 9.47. The molecule has 3 unspecified atom stereocenters. The number of carbonyl (C=O) groups excluding carboxylic acids is 3. The van der Waals surface area contributed by atoms with Crippen LogP contribution in [0.4, 0.5) is 4.79 Å². The summed E-state index contributed by atoms with van der Waals surface area (Å²) in [7, 11) is 0. The van der Waals surface area contributed by atoms with Crippen LogP contribution in [0.25, 0.3) is 0 Å². The predicted octanol–water partition coefficient (Wildman–Crippen LogP) is 2.89. The summed E-state index contributed by atoms with van der Waals surface area (Å²) >= 11 is 0. The summed E-state index contributed by atoms with van der Waals surface area (Å²) < 4.78 is 5.19. The van der Waals surface area contributed by atoms with Crippen molar-refractivity contribution in [2.75, 3.05) is 13.2 Å². The molecular weight excluding hydrogens is 436 g/mol. The van der Waals surface area contributed by atoms with Gasteiger partial charge in [-0.1, -0.05) is 37.1 Å². The van der Waals surface area contributed by atoms with Gasteiger partial charge in [0.25, 0.3) is 0 Å². The Hall–Kier alpha value is -3.12. The highest BCUT2D eigenvalue weighted by Gasteiger charge is 2.37. The standard InChI is InChI=1S/C25H38N4O5/c1-8-9-18(4)27-22(31)21(19-14-16(2)10-11-17(19)3)29(13-12-26)23(32)20(15-30)28-24(33)34-25(5,6)7/h10-11,14,18,20-21,30H,8-9,13,15H2,1-7H3,(H,27,31)(H,28,33). The van der Waals surface area contributed by atoms with Crippen LogP contribution >= 0.6 is 0 Å². The van der Waals surface area contributed by atoms with Gasteiger partial charge in [-0.3, -0.25) is 9.59 Å². The summed E-state index contributed by atoms with van der Waals surface area (Å²) in [5, 5.41) is 24.6. The molecule has 9 nitrogen and oxygen atoms in total. The zero-order valence-corrected chi connectivity index (χ0v) is 21.3. The van der Waals surface area contributed by atoms with Gasteiger partial charge in [-0.2, -0.15) is 5.26 Å². The predicted molar refractivity (Wildman–Crippen MR) is 129 cm³/mol. The molecule has 1 rings (SSSR count). The van der Waals surface area contributed by atoms with Gasteiger partial charge >= 0.3 is 6.09 Å². The minimum absolute atomic E-state index is 0.141. The first-order valence-corrected chi connectivity index (χ1v) is 11.5. The van der Waals surface area contributed by atoms with Gasteiger partial charge in [0.2, 0.25) is 11.8 Å². The molecule has 0 aliphatic heterocycles. The number of amides is 3. The maximum Gasteiger partial charge on any atom is 0.408 e. The van der Waals surface area contributed by atoms with E-state index in [0.717, 1.165) is 28.9 Å². The molecule has 0 radical (unpaired) electrons. The first-order chi connectivity index (χ1) is 15.8. The average Bonchev–Trinajstić information content (AvgIpc) is 2.72. The van der Waals surface area contributed by atoms with Gasteiger partial charge in [0.1, 0.15) is 24.2 Å². The number of alkyl carbamates (subject to hydrolysis) is 1. The molecule has 3 amide bonds. The van der Waals surface area contributed by atoms with Crippen LogP contribution < -0.4 is 10.6 Å². The normalized spacial score (nSPS) is 13.7. The Morgan fingerprint density at radius 2 is 1.85 bits per heavy atom. The van der Waals surface area contributed by atoms with Crippen molar-refractivity contribution in [3.8, 4) is 6.07 Å². The first-order valence-electron chi connectivity index (χ1n) is 11.5. The average molecular weight is 475 g/mol. The Morgan fingerprint density at radius 3 is 2.38 bits per heavy atom. The zero-order chi connectivity index (χ0) is 26.1. The van der Waals surface area contributed by atoms with Crippen LogP contribution in [0.2, 0.25) is 0 Å². The number of nitriles is 1. The molecule has 0 bridgehead atoms. The molecule has 1 aromatic carbocycles. The monoisotopic (exact) mass is 474 g/mol. The number of aliphatic hydroxyl groups is 1. The molecule has 1 aromatic rings. The number of nitrogens with one attached hydrogen (secondary N) is 2. The molecule has 0 saturated heterocycles. The minimum Gasteiger partial charge on any atom is -0.444 e. The van der Waals surface area contributed by atoms with Crippen LogP contribution in [0, 0.1) is 25.2 Å². The van der Waals surface area contributed by atoms with E-state index in [1.165, 1.54) is 0 Å². The number of benzene rings is 1. The van der Waals surface area contributed by atoms with Crippen molar-refractivity contribution in [2.24, 2.45) is 0 Å². The Morgan fingerprint density at radius 1 is 1.21 bits per heavy atom. The lowest BCUT2D eigenvalue weighted by molar-refractivity contribution is -0.142. The van der Waals surface area contributed by atoms with Crippen LogP contribution in [0.3, 0.4) is 0 Å². The molecule has 0 aliphatic rings. The first kappa shape index (κ1) is 28.9. The highest BCUT2D eigenvalue weighted by molar-refractivity contribution is 5.92. The summed E-state index contributed by atoms with van der Waals surface area (Å²) in [6.07, 6.45) is 0.723. The molecule has 0 aliphatic carbocycles. The molecule has 0 spiro atoms. The third kappa shape index (κ3) is 8.67. The number of carbonyl (C=O) groups is 3. The summed E-state index contributed by atoms with van der Waals surface area (Å²) in [5.41, 5.74) is 1.41. The van der Waals surface area contributed by atoms with Crippen LogP contribution in [0.1, 0.15) is 70.2 Å². The molecule has 34 heavy (non-hydrogen) atoms. The van der Waals surface area contributed by atoms with Crippen molar-refractivity contribution in [1.82, 2.24) is 15.5 Å². The molecule has 3 N–H and O–H groups in total. The summed E-state index contributed by atoms with van der Waals surface area (Å²) in [5.74, 6) is -1.20. The van der Waals surface area contributed by atoms with Gasteiger partial charge in [0.15, 0.2) is 0 Å². The van der Waals surface area contributed by atoms with Gasteiger partial charge < -0.3 is 25.4 Å². The van der Waals surface area contributed by atoms with E-state index in [2.05, 4.69) is 10.6 Å². The topological polar surface area (TPSA) is 132 Å². The maximum atomic E-state index is 13.5. The van der Waals surface area contributed by atoms with Gasteiger partial charge in [0.05, 0.1) is 12.7 Å². The molecule has 0 aromatic heterocycles. The summed E-state index contributed by atoms with van der Waals surface area (Å²) in [6.45, 7) is 11.4. The summed E-state index contributed by atoms with van der Waals surface area (Å²) in [4.78, 5) is 40.2. The number of hydrogen-bond donors (Lipinski definition) is 3. The van der Waals surface area contributed by atoms with E-state index in [-0.39, 0.29) is 6.04 Å². The van der Waals surface area contributed by atoms with Gasteiger partial charge in [-0.05, 0) is 59.1 Å². The fourth-order valence-electron chi connectivity index (χ4n) is 3.54. The molecule has 3 atom stereocenters. The van der Waals surface area contributed by atoms with Crippen molar-refractivity contribution in [2.45, 2.75) is 85.0 Å². The Labute approximate surface area is 202 Å². The second-order valence-corrected chi connectivity index (χ2v) is 9.47. The summed E-state index contributed by atoms with van der Waals surface area (Å²) in [6, 6.07) is 4.82. The molecule has 0 saturated carbocycles. The number of rotatable bonds is 10. The lowest BCUT2D eigenvalue weighted by Crippen LogP contribution is -2.55. The molecule has 188 valence electrons. The fourth-order valence-corrected chi connectivity index (χ4v) is 3.54. The molecule has 9 heteroatoms. The van der Waals surface area contributed by atoms with E-state index >= 15 is 0 Å². The lowest BCUT2D eigenvalue weighted by atomic mass is 9.96. The van der Waals surface area contributed by atoms with E-state index in [9.17, 15) is 24.8 Å².